The summed E-state index contributed by atoms with van der Waals surface area (Å²) in [6.45, 7) is 5.37. The van der Waals surface area contributed by atoms with Gasteiger partial charge in [0.1, 0.15) is 0 Å². The van der Waals surface area contributed by atoms with Crippen LogP contribution < -0.4 is 10.1 Å². The quantitative estimate of drug-likeness (QED) is 0.682. The Morgan fingerprint density at radius 1 is 1.42 bits per heavy atom. The van der Waals surface area contributed by atoms with Gasteiger partial charge in [-0.25, -0.2) is 0 Å². The van der Waals surface area contributed by atoms with Gasteiger partial charge in [0.25, 0.3) is 0 Å². The van der Waals surface area contributed by atoms with Crippen molar-refractivity contribution in [3.63, 3.8) is 0 Å². The van der Waals surface area contributed by atoms with E-state index in [0.717, 1.165) is 5.56 Å². The third-order valence-corrected chi connectivity index (χ3v) is 3.52. The Morgan fingerprint density at radius 2 is 2.16 bits per heavy atom. The highest BCUT2D eigenvalue weighted by Crippen LogP contribution is 2.26. The van der Waals surface area contributed by atoms with Gasteiger partial charge in [-0.05, 0) is 37.8 Å². The Morgan fingerprint density at radius 3 is 2.79 bits per heavy atom. The van der Waals surface area contributed by atoms with Crippen molar-refractivity contribution < 1.29 is 14.9 Å². The maximum Gasteiger partial charge on any atom is 0.161 e. The molecule has 1 atom stereocenters. The normalized spacial score (nSPS) is 14.1. The molecule has 1 aromatic carbocycles. The number of nitrogens with one attached hydrogen (secondary N) is 1. The van der Waals surface area contributed by atoms with Gasteiger partial charge in [0.05, 0.1) is 12.2 Å². The first-order chi connectivity index (χ1) is 8.98. The average molecular weight is 285 g/mol. The highest BCUT2D eigenvalue weighted by atomic mass is 32.2. The molecule has 1 aromatic rings. The van der Waals surface area contributed by atoms with Crippen LogP contribution >= 0.6 is 11.8 Å². The molecule has 108 valence electrons. The molecule has 0 radical (unpaired) electrons. The minimum atomic E-state index is -0.709. The van der Waals surface area contributed by atoms with Crippen LogP contribution in [0.3, 0.4) is 0 Å². The van der Waals surface area contributed by atoms with Crippen molar-refractivity contribution in [1.29, 1.82) is 0 Å². The lowest BCUT2D eigenvalue weighted by Gasteiger charge is -2.22. The van der Waals surface area contributed by atoms with E-state index in [1.165, 1.54) is 0 Å². The molecule has 4 nitrogen and oxygen atoms in total. The van der Waals surface area contributed by atoms with Gasteiger partial charge >= 0.3 is 0 Å². The first-order valence-electron chi connectivity index (χ1n) is 6.35. The standard InChI is InChI=1S/C14H23NO3S/c1-4-18-13-7-11(5-6-12(13)16)8-15-9-14(2,17)10-19-3/h5-7,15-17H,4,8-10H2,1-3H3. The zero-order valence-electron chi connectivity index (χ0n) is 11.8. The molecule has 0 heterocycles. The number of aromatic hydroxyl groups is 1. The molecule has 1 unspecified atom stereocenters. The van der Waals surface area contributed by atoms with Gasteiger partial charge < -0.3 is 20.3 Å². The van der Waals surface area contributed by atoms with Crippen LogP contribution in [-0.2, 0) is 6.54 Å². The van der Waals surface area contributed by atoms with Crippen molar-refractivity contribution >= 4 is 11.8 Å². The monoisotopic (exact) mass is 285 g/mol. The molecule has 5 heteroatoms. The zero-order chi connectivity index (χ0) is 14.3. The third-order valence-electron chi connectivity index (χ3n) is 2.61. The Hall–Kier alpha value is -0.910. The van der Waals surface area contributed by atoms with Crippen LogP contribution in [0.4, 0.5) is 0 Å². The molecule has 1 rings (SSSR count). The highest BCUT2D eigenvalue weighted by Gasteiger charge is 2.18. The van der Waals surface area contributed by atoms with Gasteiger partial charge in [-0.15, -0.1) is 0 Å². The maximum absolute atomic E-state index is 10.0. The van der Waals surface area contributed by atoms with E-state index in [4.69, 9.17) is 4.74 Å². The van der Waals surface area contributed by atoms with Gasteiger partial charge in [-0.3, -0.25) is 0 Å². The number of thioether (sulfide) groups is 1. The molecule has 0 aliphatic rings. The van der Waals surface area contributed by atoms with Crippen molar-refractivity contribution in [3.8, 4) is 11.5 Å². The topological polar surface area (TPSA) is 61.7 Å². The van der Waals surface area contributed by atoms with E-state index < -0.39 is 5.60 Å². The highest BCUT2D eigenvalue weighted by molar-refractivity contribution is 7.98. The zero-order valence-corrected chi connectivity index (χ0v) is 12.6. The minimum absolute atomic E-state index is 0.153. The summed E-state index contributed by atoms with van der Waals surface area (Å²) in [7, 11) is 0. The molecule has 0 aliphatic carbocycles. The SMILES string of the molecule is CCOc1cc(CNCC(C)(O)CSC)ccc1O. The van der Waals surface area contributed by atoms with Crippen molar-refractivity contribution in [2.45, 2.75) is 26.0 Å². The molecule has 0 aliphatic heterocycles. The van der Waals surface area contributed by atoms with Gasteiger partial charge in [0.15, 0.2) is 11.5 Å². The van der Waals surface area contributed by atoms with Crippen LogP contribution in [0.5, 0.6) is 11.5 Å². The smallest absolute Gasteiger partial charge is 0.161 e. The van der Waals surface area contributed by atoms with Crippen molar-refractivity contribution in [1.82, 2.24) is 5.32 Å². The second-order valence-electron chi connectivity index (χ2n) is 4.77. The maximum atomic E-state index is 10.0. The largest absolute Gasteiger partial charge is 0.504 e. The van der Waals surface area contributed by atoms with Crippen LogP contribution in [0, 0.1) is 0 Å². The number of hydrogen-bond acceptors (Lipinski definition) is 5. The molecule has 19 heavy (non-hydrogen) atoms. The fourth-order valence-electron chi connectivity index (χ4n) is 1.78. The molecule has 3 N–H and O–H groups in total. The number of rotatable bonds is 8. The second kappa shape index (κ2) is 7.62. The molecule has 0 amide bonds. The Balaban J connectivity index is 2.51. The molecule has 0 fully saturated rings. The fraction of sp³-hybridized carbons (Fsp3) is 0.571. The number of aliphatic hydroxyl groups is 1. The third kappa shape index (κ3) is 5.72. The lowest BCUT2D eigenvalue weighted by Crippen LogP contribution is -2.39. The number of ether oxygens (including phenoxy) is 1. The predicted octanol–water partition coefficient (Wildman–Crippen LogP) is 1.99. The summed E-state index contributed by atoms with van der Waals surface area (Å²) in [6.07, 6.45) is 1.98. The summed E-state index contributed by atoms with van der Waals surface area (Å²) in [4.78, 5) is 0. The van der Waals surface area contributed by atoms with Crippen molar-refractivity contribution in [3.05, 3.63) is 23.8 Å². The summed E-state index contributed by atoms with van der Waals surface area (Å²) >= 11 is 1.62. The molecular weight excluding hydrogens is 262 g/mol. The first-order valence-corrected chi connectivity index (χ1v) is 7.74. The van der Waals surface area contributed by atoms with Crippen LogP contribution in [0.2, 0.25) is 0 Å². The van der Waals surface area contributed by atoms with Crippen molar-refractivity contribution in [2.24, 2.45) is 0 Å². The molecular formula is C14H23NO3S. The Labute approximate surface area is 119 Å². The van der Waals surface area contributed by atoms with Crippen LogP contribution in [0.1, 0.15) is 19.4 Å². The summed E-state index contributed by atoms with van der Waals surface area (Å²) in [5.41, 5.74) is 0.306. The van der Waals surface area contributed by atoms with E-state index in [-0.39, 0.29) is 5.75 Å². The van der Waals surface area contributed by atoms with E-state index in [2.05, 4.69) is 5.32 Å². The summed E-state index contributed by atoms with van der Waals surface area (Å²) in [5.74, 6) is 1.34. The number of phenolic OH excluding ortho intramolecular Hbond substituents is 1. The molecule has 0 saturated carbocycles. The number of hydrogen-bond donors (Lipinski definition) is 3. The summed E-state index contributed by atoms with van der Waals surface area (Å²) in [5, 5.41) is 22.8. The van der Waals surface area contributed by atoms with Gasteiger partial charge in [-0.2, -0.15) is 11.8 Å². The fourth-order valence-corrected chi connectivity index (χ4v) is 2.50. The predicted molar refractivity (Wildman–Crippen MR) is 80.0 cm³/mol. The average Bonchev–Trinajstić information content (AvgIpc) is 2.33. The summed E-state index contributed by atoms with van der Waals surface area (Å²) < 4.78 is 5.33. The second-order valence-corrected chi connectivity index (χ2v) is 5.63. The van der Waals surface area contributed by atoms with Crippen LogP contribution in [0.25, 0.3) is 0 Å². The van der Waals surface area contributed by atoms with Gasteiger partial charge in [0.2, 0.25) is 0 Å². The molecule has 0 aromatic heterocycles. The Bertz CT molecular complexity index is 396. The van der Waals surface area contributed by atoms with Crippen LogP contribution in [-0.4, -0.2) is 41.0 Å². The first kappa shape index (κ1) is 16.1. The number of phenols is 1. The van der Waals surface area contributed by atoms with Gasteiger partial charge in [-0.1, -0.05) is 6.07 Å². The van der Waals surface area contributed by atoms with E-state index in [0.29, 0.717) is 31.2 Å². The lowest BCUT2D eigenvalue weighted by molar-refractivity contribution is 0.0846. The van der Waals surface area contributed by atoms with E-state index in [9.17, 15) is 10.2 Å². The Kier molecular flexibility index (Phi) is 6.48. The van der Waals surface area contributed by atoms with Crippen molar-refractivity contribution in [2.75, 3.05) is 25.2 Å². The van der Waals surface area contributed by atoms with Gasteiger partial charge in [0, 0.05) is 18.8 Å². The van der Waals surface area contributed by atoms with E-state index in [1.807, 2.05) is 32.2 Å². The molecule has 0 bridgehead atoms. The summed E-state index contributed by atoms with van der Waals surface area (Å²) in [6, 6.07) is 5.28. The molecule has 0 saturated heterocycles. The number of benzene rings is 1. The minimum Gasteiger partial charge on any atom is -0.504 e. The van der Waals surface area contributed by atoms with Crippen LogP contribution in [0.15, 0.2) is 18.2 Å². The van der Waals surface area contributed by atoms with E-state index in [1.54, 1.807) is 17.8 Å². The lowest BCUT2D eigenvalue weighted by atomic mass is 10.1. The van der Waals surface area contributed by atoms with E-state index >= 15 is 0 Å². The molecule has 0 spiro atoms.